The van der Waals surface area contributed by atoms with E-state index in [4.69, 9.17) is 10.5 Å². The van der Waals surface area contributed by atoms with E-state index in [2.05, 4.69) is 18.7 Å². The van der Waals surface area contributed by atoms with E-state index in [0.717, 1.165) is 19.8 Å². The number of likely N-dealkylation sites (N-methyl/N-ethyl adjacent to an activating group) is 1. The van der Waals surface area contributed by atoms with Gasteiger partial charge in [0.2, 0.25) is 0 Å². The number of ether oxygens (including phenoxy) is 1. The molecule has 0 amide bonds. The monoisotopic (exact) mass is 174 g/mol. The van der Waals surface area contributed by atoms with Gasteiger partial charge in [-0.3, -0.25) is 0 Å². The summed E-state index contributed by atoms with van der Waals surface area (Å²) >= 11 is 0. The van der Waals surface area contributed by atoms with Crippen molar-refractivity contribution in [2.75, 3.05) is 40.4 Å². The molecule has 0 aromatic rings. The van der Waals surface area contributed by atoms with Crippen molar-refractivity contribution < 1.29 is 4.74 Å². The second kappa shape index (κ2) is 5.51. The normalized spacial score (nSPS) is 12.5. The quantitative estimate of drug-likeness (QED) is 0.598. The van der Waals surface area contributed by atoms with E-state index >= 15 is 0 Å². The van der Waals surface area contributed by atoms with Crippen molar-refractivity contribution in [2.45, 2.75) is 13.8 Å². The van der Waals surface area contributed by atoms with Crippen LogP contribution in [-0.2, 0) is 4.74 Å². The first-order valence-corrected chi connectivity index (χ1v) is 4.40. The van der Waals surface area contributed by atoms with Gasteiger partial charge in [0.15, 0.2) is 0 Å². The summed E-state index contributed by atoms with van der Waals surface area (Å²) in [6, 6.07) is 0. The minimum Gasteiger partial charge on any atom is -0.380 e. The van der Waals surface area contributed by atoms with Crippen LogP contribution in [-0.4, -0.2) is 45.3 Å². The first-order valence-electron chi connectivity index (χ1n) is 4.40. The molecule has 0 aromatic carbocycles. The Bertz CT molecular complexity index is 113. The molecule has 2 N–H and O–H groups in total. The molecule has 0 saturated heterocycles. The number of hydrogen-bond donors (Lipinski definition) is 1. The summed E-state index contributed by atoms with van der Waals surface area (Å²) in [5.41, 5.74) is 5.68. The van der Waals surface area contributed by atoms with Crippen LogP contribution in [0.3, 0.4) is 0 Å². The summed E-state index contributed by atoms with van der Waals surface area (Å²) in [7, 11) is 4.08. The number of hydrogen-bond acceptors (Lipinski definition) is 3. The molecule has 0 radical (unpaired) electrons. The van der Waals surface area contributed by atoms with Gasteiger partial charge in [0, 0.05) is 12.0 Å². The number of nitrogens with zero attached hydrogens (tertiary/aromatic N) is 1. The van der Waals surface area contributed by atoms with Crippen molar-refractivity contribution >= 4 is 0 Å². The lowest BCUT2D eigenvalue weighted by atomic mass is 9.95. The second-order valence-corrected chi connectivity index (χ2v) is 4.22. The van der Waals surface area contributed by atoms with E-state index in [0.29, 0.717) is 6.54 Å². The Morgan fingerprint density at radius 3 is 2.33 bits per heavy atom. The fraction of sp³-hybridized carbons (Fsp3) is 1.00. The van der Waals surface area contributed by atoms with Gasteiger partial charge in [0.25, 0.3) is 0 Å². The summed E-state index contributed by atoms with van der Waals surface area (Å²) in [6.45, 7) is 7.41. The third-order valence-electron chi connectivity index (χ3n) is 1.73. The smallest absolute Gasteiger partial charge is 0.0593 e. The van der Waals surface area contributed by atoms with Gasteiger partial charge in [0.1, 0.15) is 0 Å². The first kappa shape index (κ1) is 11.9. The van der Waals surface area contributed by atoms with Crippen molar-refractivity contribution in [1.82, 2.24) is 4.90 Å². The molecule has 0 fully saturated rings. The Morgan fingerprint density at radius 2 is 1.92 bits per heavy atom. The molecule has 0 rings (SSSR count). The van der Waals surface area contributed by atoms with Gasteiger partial charge >= 0.3 is 0 Å². The van der Waals surface area contributed by atoms with Gasteiger partial charge in [0.05, 0.1) is 13.2 Å². The lowest BCUT2D eigenvalue weighted by Gasteiger charge is -2.22. The Balaban J connectivity index is 3.31. The Morgan fingerprint density at radius 1 is 1.33 bits per heavy atom. The minimum atomic E-state index is 0.117. The van der Waals surface area contributed by atoms with E-state index in [-0.39, 0.29) is 5.41 Å². The standard InChI is InChI=1S/C9H22N2O/c1-9(2,7-10)8-12-6-5-11(3)4/h5-8,10H2,1-4H3. The van der Waals surface area contributed by atoms with Crippen LogP contribution < -0.4 is 5.73 Å². The molecule has 0 aliphatic heterocycles. The lowest BCUT2D eigenvalue weighted by molar-refractivity contribution is 0.0577. The van der Waals surface area contributed by atoms with Gasteiger partial charge in [-0.05, 0) is 20.6 Å². The van der Waals surface area contributed by atoms with Crippen molar-refractivity contribution in [3.63, 3.8) is 0 Å². The molecule has 0 aliphatic rings. The summed E-state index contributed by atoms with van der Waals surface area (Å²) in [4.78, 5) is 2.11. The molecule has 12 heavy (non-hydrogen) atoms. The predicted molar refractivity (Wildman–Crippen MR) is 52.2 cm³/mol. The maximum atomic E-state index is 5.56. The second-order valence-electron chi connectivity index (χ2n) is 4.22. The van der Waals surface area contributed by atoms with Crippen LogP contribution in [0.4, 0.5) is 0 Å². The topological polar surface area (TPSA) is 38.5 Å². The molecule has 0 spiro atoms. The van der Waals surface area contributed by atoms with Gasteiger partial charge in [-0.1, -0.05) is 13.8 Å². The van der Waals surface area contributed by atoms with Crippen molar-refractivity contribution in [1.29, 1.82) is 0 Å². The zero-order valence-corrected chi connectivity index (χ0v) is 8.76. The Hall–Kier alpha value is -0.120. The molecule has 3 heteroatoms. The van der Waals surface area contributed by atoms with Gasteiger partial charge in [-0.25, -0.2) is 0 Å². The van der Waals surface area contributed by atoms with Gasteiger partial charge in [-0.2, -0.15) is 0 Å². The molecule has 0 saturated carbocycles. The Labute approximate surface area is 75.9 Å². The number of rotatable bonds is 6. The minimum absolute atomic E-state index is 0.117. The third kappa shape index (κ3) is 6.58. The first-order chi connectivity index (χ1) is 5.48. The van der Waals surface area contributed by atoms with Gasteiger partial charge < -0.3 is 15.4 Å². The van der Waals surface area contributed by atoms with Crippen LogP contribution in [0.25, 0.3) is 0 Å². The highest BCUT2D eigenvalue weighted by molar-refractivity contribution is 4.67. The molecule has 0 bridgehead atoms. The molecular formula is C9H22N2O. The number of nitrogens with two attached hydrogens (primary N) is 1. The van der Waals surface area contributed by atoms with Crippen LogP contribution in [0.5, 0.6) is 0 Å². The highest BCUT2D eigenvalue weighted by atomic mass is 16.5. The fourth-order valence-electron chi connectivity index (χ4n) is 0.655. The molecule has 74 valence electrons. The Kier molecular flexibility index (Phi) is 5.46. The van der Waals surface area contributed by atoms with Crippen molar-refractivity contribution in [3.05, 3.63) is 0 Å². The van der Waals surface area contributed by atoms with E-state index in [1.807, 2.05) is 14.1 Å². The van der Waals surface area contributed by atoms with E-state index in [1.54, 1.807) is 0 Å². The van der Waals surface area contributed by atoms with Crippen molar-refractivity contribution in [2.24, 2.45) is 11.1 Å². The molecule has 0 aliphatic carbocycles. The summed E-state index contributed by atoms with van der Waals surface area (Å²) < 4.78 is 5.48. The summed E-state index contributed by atoms with van der Waals surface area (Å²) in [6.07, 6.45) is 0. The fourth-order valence-corrected chi connectivity index (χ4v) is 0.655. The maximum absolute atomic E-state index is 5.56. The SMILES string of the molecule is CN(C)CCOCC(C)(C)CN. The highest BCUT2D eigenvalue weighted by Gasteiger charge is 2.14. The molecule has 0 atom stereocenters. The van der Waals surface area contributed by atoms with Crippen molar-refractivity contribution in [3.8, 4) is 0 Å². The predicted octanol–water partition coefficient (Wildman–Crippen LogP) is 0.550. The van der Waals surface area contributed by atoms with E-state index < -0.39 is 0 Å². The largest absolute Gasteiger partial charge is 0.380 e. The molecular weight excluding hydrogens is 152 g/mol. The van der Waals surface area contributed by atoms with Crippen LogP contribution in [0.2, 0.25) is 0 Å². The van der Waals surface area contributed by atoms with E-state index in [9.17, 15) is 0 Å². The average Bonchev–Trinajstić information content (AvgIpc) is 1.98. The average molecular weight is 174 g/mol. The lowest BCUT2D eigenvalue weighted by Crippen LogP contribution is -2.30. The van der Waals surface area contributed by atoms with Crippen LogP contribution in [0.15, 0.2) is 0 Å². The highest BCUT2D eigenvalue weighted by Crippen LogP contribution is 2.11. The third-order valence-corrected chi connectivity index (χ3v) is 1.73. The van der Waals surface area contributed by atoms with Crippen LogP contribution in [0.1, 0.15) is 13.8 Å². The summed E-state index contributed by atoms with van der Waals surface area (Å²) in [5, 5.41) is 0. The van der Waals surface area contributed by atoms with Gasteiger partial charge in [-0.15, -0.1) is 0 Å². The molecule has 0 aromatic heterocycles. The molecule has 0 unspecified atom stereocenters. The maximum Gasteiger partial charge on any atom is 0.0593 e. The summed E-state index contributed by atoms with van der Waals surface area (Å²) in [5.74, 6) is 0. The van der Waals surface area contributed by atoms with Crippen LogP contribution >= 0.6 is 0 Å². The van der Waals surface area contributed by atoms with E-state index in [1.165, 1.54) is 0 Å². The zero-order valence-electron chi connectivity index (χ0n) is 8.76. The molecule has 0 heterocycles. The van der Waals surface area contributed by atoms with Crippen LogP contribution in [0, 0.1) is 5.41 Å². The molecule has 3 nitrogen and oxygen atoms in total. The zero-order chi connectivity index (χ0) is 9.61.